The van der Waals surface area contributed by atoms with Crippen LogP contribution >= 0.6 is 11.6 Å². The highest BCUT2D eigenvalue weighted by Crippen LogP contribution is 2.28. The molecule has 1 fully saturated rings. The zero-order valence-corrected chi connectivity index (χ0v) is 19.0. The first-order chi connectivity index (χ1) is 15.5. The van der Waals surface area contributed by atoms with Crippen molar-refractivity contribution in [2.24, 2.45) is 0 Å². The van der Waals surface area contributed by atoms with Crippen molar-refractivity contribution >= 4 is 35.2 Å². The van der Waals surface area contributed by atoms with E-state index in [-0.39, 0.29) is 12.5 Å². The molecule has 1 aliphatic heterocycles. The standard InChI is InChI=1S/C24H27ClN2O5/c1-3-31-21-9-7-18(15-22(21)30-2)8-10-24(29)32-17-23(28)27-13-11-26(12-14-27)20-6-4-5-19(25)16-20/h4-10,15-16H,3,11-14,17H2,1-2H3/b10-8+. The molecular formula is C24H27ClN2O5. The Labute approximate surface area is 193 Å². The minimum absolute atomic E-state index is 0.208. The molecule has 7 nitrogen and oxygen atoms in total. The molecule has 0 radical (unpaired) electrons. The van der Waals surface area contributed by atoms with Crippen molar-refractivity contribution in [1.82, 2.24) is 4.90 Å². The molecule has 2 aromatic rings. The molecule has 8 heteroatoms. The normalized spacial score (nSPS) is 13.8. The van der Waals surface area contributed by atoms with Crippen LogP contribution in [0.3, 0.4) is 0 Å². The summed E-state index contributed by atoms with van der Waals surface area (Å²) in [6.45, 7) is 4.65. The summed E-state index contributed by atoms with van der Waals surface area (Å²) in [5.74, 6) is 0.425. The van der Waals surface area contributed by atoms with Crippen molar-refractivity contribution in [3.05, 3.63) is 59.1 Å². The molecule has 0 saturated carbocycles. The Morgan fingerprint density at radius 1 is 1.06 bits per heavy atom. The van der Waals surface area contributed by atoms with Crippen LogP contribution in [-0.4, -0.2) is 63.3 Å². The van der Waals surface area contributed by atoms with Crippen molar-refractivity contribution in [2.75, 3.05) is 51.4 Å². The number of carbonyl (C=O) groups excluding carboxylic acids is 2. The van der Waals surface area contributed by atoms with Crippen LogP contribution in [0.1, 0.15) is 12.5 Å². The highest BCUT2D eigenvalue weighted by atomic mass is 35.5. The van der Waals surface area contributed by atoms with Gasteiger partial charge in [-0.25, -0.2) is 4.79 Å². The number of halogens is 1. The van der Waals surface area contributed by atoms with Gasteiger partial charge >= 0.3 is 5.97 Å². The highest BCUT2D eigenvalue weighted by Gasteiger charge is 2.22. The van der Waals surface area contributed by atoms with Gasteiger partial charge in [-0.05, 0) is 48.9 Å². The third kappa shape index (κ3) is 6.40. The molecule has 0 aliphatic carbocycles. The Morgan fingerprint density at radius 3 is 2.53 bits per heavy atom. The molecule has 170 valence electrons. The van der Waals surface area contributed by atoms with Crippen molar-refractivity contribution in [3.8, 4) is 11.5 Å². The third-order valence-electron chi connectivity index (χ3n) is 5.04. The Hall–Kier alpha value is -3.19. The van der Waals surface area contributed by atoms with Gasteiger partial charge in [-0.1, -0.05) is 23.7 Å². The monoisotopic (exact) mass is 458 g/mol. The average molecular weight is 459 g/mol. The van der Waals surface area contributed by atoms with E-state index in [0.717, 1.165) is 11.3 Å². The van der Waals surface area contributed by atoms with Crippen LogP contribution in [-0.2, 0) is 14.3 Å². The first-order valence-electron chi connectivity index (χ1n) is 10.4. The predicted molar refractivity (Wildman–Crippen MR) is 124 cm³/mol. The van der Waals surface area contributed by atoms with E-state index in [9.17, 15) is 9.59 Å². The molecule has 1 aliphatic rings. The van der Waals surface area contributed by atoms with E-state index < -0.39 is 5.97 Å². The maximum Gasteiger partial charge on any atom is 0.331 e. The fraction of sp³-hybridized carbons (Fsp3) is 0.333. The molecule has 2 aromatic carbocycles. The summed E-state index contributed by atoms with van der Waals surface area (Å²) >= 11 is 6.06. The van der Waals surface area contributed by atoms with Gasteiger partial charge in [-0.2, -0.15) is 0 Å². The molecule has 0 spiro atoms. The summed E-state index contributed by atoms with van der Waals surface area (Å²) in [6, 6.07) is 13.0. The van der Waals surface area contributed by atoms with Gasteiger partial charge < -0.3 is 24.0 Å². The molecule has 0 aromatic heterocycles. The van der Waals surface area contributed by atoms with Gasteiger partial charge in [-0.3, -0.25) is 4.79 Å². The number of hydrogen-bond donors (Lipinski definition) is 0. The zero-order valence-electron chi connectivity index (χ0n) is 18.3. The minimum atomic E-state index is -0.580. The summed E-state index contributed by atoms with van der Waals surface area (Å²) in [5, 5.41) is 0.685. The topological polar surface area (TPSA) is 68.3 Å². The van der Waals surface area contributed by atoms with Gasteiger partial charge in [0.2, 0.25) is 0 Å². The Balaban J connectivity index is 1.45. The fourth-order valence-corrected chi connectivity index (χ4v) is 3.57. The lowest BCUT2D eigenvalue weighted by atomic mass is 10.2. The lowest BCUT2D eigenvalue weighted by Gasteiger charge is -2.36. The van der Waals surface area contributed by atoms with Gasteiger partial charge in [0.1, 0.15) is 0 Å². The Bertz CT molecular complexity index is 971. The van der Waals surface area contributed by atoms with Gasteiger partial charge in [0.25, 0.3) is 5.91 Å². The van der Waals surface area contributed by atoms with Crippen LogP contribution in [0.5, 0.6) is 11.5 Å². The first-order valence-corrected chi connectivity index (χ1v) is 10.8. The number of ether oxygens (including phenoxy) is 3. The van der Waals surface area contributed by atoms with Crippen molar-refractivity contribution < 1.29 is 23.8 Å². The van der Waals surface area contributed by atoms with Gasteiger partial charge in [-0.15, -0.1) is 0 Å². The van der Waals surface area contributed by atoms with E-state index in [1.807, 2.05) is 37.3 Å². The number of esters is 1. The summed E-state index contributed by atoms with van der Waals surface area (Å²) in [6.07, 6.45) is 2.90. The van der Waals surface area contributed by atoms with Crippen LogP contribution in [0.25, 0.3) is 6.08 Å². The van der Waals surface area contributed by atoms with Crippen molar-refractivity contribution in [2.45, 2.75) is 6.92 Å². The molecular weight excluding hydrogens is 432 g/mol. The number of piperazine rings is 1. The maximum absolute atomic E-state index is 12.4. The van der Waals surface area contributed by atoms with E-state index in [2.05, 4.69) is 4.90 Å². The largest absolute Gasteiger partial charge is 0.493 e. The molecule has 0 atom stereocenters. The van der Waals surface area contributed by atoms with Crippen molar-refractivity contribution in [3.63, 3.8) is 0 Å². The number of benzene rings is 2. The second-order valence-electron chi connectivity index (χ2n) is 7.13. The van der Waals surface area contributed by atoms with Crippen LogP contribution < -0.4 is 14.4 Å². The van der Waals surface area contributed by atoms with E-state index in [1.54, 1.807) is 30.2 Å². The lowest BCUT2D eigenvalue weighted by molar-refractivity contribution is -0.148. The quantitative estimate of drug-likeness (QED) is 0.444. The molecule has 1 saturated heterocycles. The van der Waals surface area contributed by atoms with Gasteiger partial charge in [0, 0.05) is 43.0 Å². The van der Waals surface area contributed by atoms with Crippen LogP contribution in [0.2, 0.25) is 5.02 Å². The van der Waals surface area contributed by atoms with Crippen LogP contribution in [0.4, 0.5) is 5.69 Å². The molecule has 32 heavy (non-hydrogen) atoms. The molecule has 0 unspecified atom stereocenters. The molecule has 1 heterocycles. The fourth-order valence-electron chi connectivity index (χ4n) is 3.39. The molecule has 0 N–H and O–H groups in total. The number of hydrogen-bond acceptors (Lipinski definition) is 6. The third-order valence-corrected chi connectivity index (χ3v) is 5.28. The van der Waals surface area contributed by atoms with E-state index in [4.69, 9.17) is 25.8 Å². The second kappa shape index (κ2) is 11.4. The molecule has 3 rings (SSSR count). The smallest absolute Gasteiger partial charge is 0.331 e. The number of methoxy groups -OCH3 is 1. The SMILES string of the molecule is CCOc1ccc(/C=C/C(=O)OCC(=O)N2CCN(c3cccc(Cl)c3)CC2)cc1OC. The maximum atomic E-state index is 12.4. The number of carbonyl (C=O) groups is 2. The summed E-state index contributed by atoms with van der Waals surface area (Å²) in [7, 11) is 1.56. The number of rotatable bonds is 8. The predicted octanol–water partition coefficient (Wildman–Crippen LogP) is 3.65. The molecule has 1 amide bonds. The highest BCUT2D eigenvalue weighted by molar-refractivity contribution is 6.30. The minimum Gasteiger partial charge on any atom is -0.493 e. The van der Waals surface area contributed by atoms with Crippen LogP contribution in [0.15, 0.2) is 48.5 Å². The van der Waals surface area contributed by atoms with E-state index >= 15 is 0 Å². The van der Waals surface area contributed by atoms with E-state index in [0.29, 0.717) is 49.3 Å². The van der Waals surface area contributed by atoms with Crippen molar-refractivity contribution in [1.29, 1.82) is 0 Å². The number of anilines is 1. The Kier molecular flexibility index (Phi) is 8.39. The summed E-state index contributed by atoms with van der Waals surface area (Å²) in [4.78, 5) is 28.3. The van der Waals surface area contributed by atoms with E-state index in [1.165, 1.54) is 6.08 Å². The van der Waals surface area contributed by atoms with Gasteiger partial charge in [0.15, 0.2) is 18.1 Å². The first kappa shape index (κ1) is 23.5. The van der Waals surface area contributed by atoms with Crippen LogP contribution in [0, 0.1) is 0 Å². The summed E-state index contributed by atoms with van der Waals surface area (Å²) in [5.41, 5.74) is 1.79. The van der Waals surface area contributed by atoms with Gasteiger partial charge in [0.05, 0.1) is 13.7 Å². The Morgan fingerprint density at radius 2 is 1.84 bits per heavy atom. The average Bonchev–Trinajstić information content (AvgIpc) is 2.82. The number of amides is 1. The molecule has 0 bridgehead atoms. The summed E-state index contributed by atoms with van der Waals surface area (Å²) < 4.78 is 15.9. The number of nitrogens with zero attached hydrogens (tertiary/aromatic N) is 2. The zero-order chi connectivity index (χ0) is 22.9. The second-order valence-corrected chi connectivity index (χ2v) is 7.57. The lowest BCUT2D eigenvalue weighted by Crippen LogP contribution is -2.49.